The van der Waals surface area contributed by atoms with Crippen LogP contribution in [0, 0.1) is 6.92 Å². The lowest BCUT2D eigenvalue weighted by Gasteiger charge is -2.18. The number of hydrogen-bond donors (Lipinski definition) is 2. The Hall–Kier alpha value is -3.56. The number of fused-ring (bicyclic) bond motifs is 1. The van der Waals surface area contributed by atoms with Gasteiger partial charge in [-0.05, 0) is 44.3 Å². The molecule has 8 nitrogen and oxygen atoms in total. The molecule has 34 heavy (non-hydrogen) atoms. The number of pyridine rings is 1. The Labute approximate surface area is 200 Å². The maximum atomic E-state index is 13.1. The maximum Gasteiger partial charge on any atom is 0.322 e. The van der Waals surface area contributed by atoms with Gasteiger partial charge in [0, 0.05) is 41.2 Å². The summed E-state index contributed by atoms with van der Waals surface area (Å²) in [5, 5.41) is 11.5. The van der Waals surface area contributed by atoms with Gasteiger partial charge < -0.3 is 15.0 Å². The van der Waals surface area contributed by atoms with E-state index < -0.39 is 0 Å². The largest absolute Gasteiger partial charge is 0.489 e. The molecule has 3 heterocycles. The van der Waals surface area contributed by atoms with Gasteiger partial charge in [-0.3, -0.25) is 14.6 Å². The Balaban J connectivity index is 1.29. The first-order valence-electron chi connectivity index (χ1n) is 11.1. The van der Waals surface area contributed by atoms with E-state index in [2.05, 4.69) is 25.4 Å². The molecule has 0 spiro atoms. The molecule has 1 aliphatic heterocycles. The SMILES string of the molecule is Cc1cc(COc2cccc(C(=O)N[C@@H]3CN(C)C[C@@H]3c3n[nH]c(=O)s3)c2)c2ccccc2n1. The number of nitrogens with one attached hydrogen (secondary N) is 2. The normalized spacial score (nSPS) is 18.3. The highest BCUT2D eigenvalue weighted by Gasteiger charge is 2.35. The molecule has 1 aliphatic rings. The number of aromatic amines is 1. The fourth-order valence-electron chi connectivity index (χ4n) is 4.45. The number of rotatable bonds is 6. The summed E-state index contributed by atoms with van der Waals surface area (Å²) in [6, 6.07) is 17.1. The van der Waals surface area contributed by atoms with Crippen LogP contribution in [0.3, 0.4) is 0 Å². The first-order valence-corrected chi connectivity index (χ1v) is 11.9. The summed E-state index contributed by atoms with van der Waals surface area (Å²) in [5.74, 6) is 0.418. The number of benzene rings is 2. The van der Waals surface area contributed by atoms with Crippen molar-refractivity contribution < 1.29 is 9.53 Å². The second-order valence-corrected chi connectivity index (χ2v) is 9.61. The number of para-hydroxylation sites is 1. The number of carbonyl (C=O) groups is 1. The van der Waals surface area contributed by atoms with E-state index in [1.165, 1.54) is 0 Å². The lowest BCUT2D eigenvalue weighted by Crippen LogP contribution is -2.39. The van der Waals surface area contributed by atoms with E-state index in [1.54, 1.807) is 12.1 Å². The minimum absolute atomic E-state index is 0.0273. The van der Waals surface area contributed by atoms with Crippen LogP contribution in [-0.2, 0) is 6.61 Å². The molecule has 1 fully saturated rings. The van der Waals surface area contributed by atoms with Crippen molar-refractivity contribution in [3.8, 4) is 5.75 Å². The van der Waals surface area contributed by atoms with Gasteiger partial charge in [0.1, 0.15) is 17.4 Å². The van der Waals surface area contributed by atoms with Gasteiger partial charge in [0.2, 0.25) is 0 Å². The van der Waals surface area contributed by atoms with E-state index in [0.29, 0.717) is 24.5 Å². The quantitative estimate of drug-likeness (QED) is 0.445. The van der Waals surface area contributed by atoms with Crippen LogP contribution in [0.4, 0.5) is 0 Å². The highest BCUT2D eigenvalue weighted by Crippen LogP contribution is 2.27. The topological polar surface area (TPSA) is 100 Å². The third kappa shape index (κ3) is 4.71. The number of nitrogens with zero attached hydrogens (tertiary/aromatic N) is 3. The van der Waals surface area contributed by atoms with Crippen LogP contribution in [-0.4, -0.2) is 52.2 Å². The van der Waals surface area contributed by atoms with Crippen LogP contribution >= 0.6 is 11.3 Å². The molecule has 2 atom stereocenters. The molecule has 9 heteroatoms. The number of aromatic nitrogens is 3. The molecular formula is C25H25N5O3S. The van der Waals surface area contributed by atoms with Gasteiger partial charge >= 0.3 is 4.87 Å². The molecule has 2 N–H and O–H groups in total. The lowest BCUT2D eigenvalue weighted by atomic mass is 10.0. The second-order valence-electron chi connectivity index (χ2n) is 8.62. The monoisotopic (exact) mass is 475 g/mol. The Bertz CT molecular complexity index is 1400. The average Bonchev–Trinajstić information content (AvgIpc) is 3.42. The van der Waals surface area contributed by atoms with Crippen LogP contribution in [0.2, 0.25) is 0 Å². The van der Waals surface area contributed by atoms with Crippen molar-refractivity contribution in [3.05, 3.63) is 86.1 Å². The van der Waals surface area contributed by atoms with Crippen molar-refractivity contribution in [1.82, 2.24) is 25.4 Å². The summed E-state index contributed by atoms with van der Waals surface area (Å²) in [6.45, 7) is 3.77. The summed E-state index contributed by atoms with van der Waals surface area (Å²) < 4.78 is 6.06. The standard InChI is InChI=1S/C25H25N5O3S/c1-15-10-17(19-8-3-4-9-21(19)26-15)14-33-18-7-5-6-16(11-18)23(31)27-22-13-30(2)12-20(22)24-28-29-25(32)34-24/h3-11,20,22H,12-14H2,1-2H3,(H,27,31)(H,29,32)/t20-,22+/m0/s1. The summed E-state index contributed by atoms with van der Waals surface area (Å²) >= 11 is 1.10. The first kappa shape index (κ1) is 22.2. The number of H-pyrrole nitrogens is 1. The number of ether oxygens (including phenoxy) is 1. The molecule has 0 unspecified atom stereocenters. The van der Waals surface area contributed by atoms with E-state index >= 15 is 0 Å². The van der Waals surface area contributed by atoms with E-state index in [-0.39, 0.29) is 22.7 Å². The predicted molar refractivity (Wildman–Crippen MR) is 131 cm³/mol. The smallest absolute Gasteiger partial charge is 0.322 e. The van der Waals surface area contributed by atoms with Crippen LogP contribution in [0.15, 0.2) is 59.4 Å². The summed E-state index contributed by atoms with van der Waals surface area (Å²) in [7, 11) is 1.99. The van der Waals surface area contributed by atoms with Crippen molar-refractivity contribution >= 4 is 28.1 Å². The molecular weight excluding hydrogens is 450 g/mol. The Kier molecular flexibility index (Phi) is 6.12. The number of likely N-dealkylation sites (tertiary alicyclic amines) is 1. The van der Waals surface area contributed by atoms with Gasteiger partial charge in [-0.2, -0.15) is 5.10 Å². The minimum Gasteiger partial charge on any atom is -0.489 e. The molecule has 4 aromatic rings. The predicted octanol–water partition coefficient (Wildman–Crippen LogP) is 3.09. The number of carbonyl (C=O) groups excluding carboxylic acids is 1. The van der Waals surface area contributed by atoms with Gasteiger partial charge in [-0.1, -0.05) is 35.6 Å². The van der Waals surface area contributed by atoms with Crippen molar-refractivity contribution in [2.45, 2.75) is 25.5 Å². The fraction of sp³-hybridized carbons (Fsp3) is 0.280. The van der Waals surface area contributed by atoms with Crippen LogP contribution < -0.4 is 14.9 Å². The van der Waals surface area contributed by atoms with E-state index in [1.807, 2.05) is 56.4 Å². The zero-order valence-electron chi connectivity index (χ0n) is 18.9. The third-order valence-electron chi connectivity index (χ3n) is 6.01. The van der Waals surface area contributed by atoms with Crippen molar-refractivity contribution in [1.29, 1.82) is 0 Å². The Morgan fingerprint density at radius 2 is 2.06 bits per heavy atom. The van der Waals surface area contributed by atoms with Crippen molar-refractivity contribution in [2.75, 3.05) is 20.1 Å². The highest BCUT2D eigenvalue weighted by atomic mass is 32.1. The van der Waals surface area contributed by atoms with Crippen molar-refractivity contribution in [3.63, 3.8) is 0 Å². The average molecular weight is 476 g/mol. The van der Waals surface area contributed by atoms with Gasteiger partial charge in [0.25, 0.3) is 5.91 Å². The van der Waals surface area contributed by atoms with E-state index in [9.17, 15) is 9.59 Å². The van der Waals surface area contributed by atoms with Crippen LogP contribution in [0.25, 0.3) is 10.9 Å². The maximum absolute atomic E-state index is 13.1. The molecule has 1 saturated heterocycles. The van der Waals surface area contributed by atoms with E-state index in [0.717, 1.165) is 45.0 Å². The van der Waals surface area contributed by atoms with E-state index in [4.69, 9.17) is 4.74 Å². The third-order valence-corrected chi connectivity index (χ3v) is 6.89. The zero-order chi connectivity index (χ0) is 23.7. The molecule has 2 aromatic carbocycles. The van der Waals surface area contributed by atoms with Crippen LogP contribution in [0.1, 0.15) is 32.5 Å². The molecule has 174 valence electrons. The summed E-state index contributed by atoms with van der Waals surface area (Å²) in [6.07, 6.45) is 0. The summed E-state index contributed by atoms with van der Waals surface area (Å²) in [5.41, 5.74) is 3.44. The van der Waals surface area contributed by atoms with Crippen LogP contribution in [0.5, 0.6) is 5.75 Å². The molecule has 2 aromatic heterocycles. The number of amides is 1. The molecule has 1 amide bonds. The van der Waals surface area contributed by atoms with Crippen molar-refractivity contribution in [2.24, 2.45) is 0 Å². The summed E-state index contributed by atoms with van der Waals surface area (Å²) in [4.78, 5) is 31.1. The molecule has 0 aliphatic carbocycles. The molecule has 5 rings (SSSR count). The Morgan fingerprint density at radius 1 is 1.21 bits per heavy atom. The lowest BCUT2D eigenvalue weighted by molar-refractivity contribution is 0.0935. The second kappa shape index (κ2) is 9.36. The number of aryl methyl sites for hydroxylation is 1. The zero-order valence-corrected chi connectivity index (χ0v) is 19.8. The molecule has 0 radical (unpaired) electrons. The molecule has 0 saturated carbocycles. The Morgan fingerprint density at radius 3 is 2.88 bits per heavy atom. The minimum atomic E-state index is -0.184. The fourth-order valence-corrected chi connectivity index (χ4v) is 5.21. The number of likely N-dealkylation sites (N-methyl/N-ethyl adjacent to an activating group) is 1. The van der Waals surface area contributed by atoms with Gasteiger partial charge in [0.15, 0.2) is 0 Å². The highest BCUT2D eigenvalue weighted by molar-refractivity contribution is 7.08. The molecule has 0 bridgehead atoms. The van der Waals surface area contributed by atoms with Gasteiger partial charge in [-0.25, -0.2) is 5.10 Å². The number of hydrogen-bond acceptors (Lipinski definition) is 7. The first-order chi connectivity index (χ1) is 16.5. The van der Waals surface area contributed by atoms with Gasteiger partial charge in [0.05, 0.1) is 11.6 Å². The van der Waals surface area contributed by atoms with Gasteiger partial charge in [-0.15, -0.1) is 0 Å².